The molecule has 1 aliphatic rings. The van der Waals surface area contributed by atoms with Gasteiger partial charge in [0.15, 0.2) is 0 Å². The largest absolute Gasteiger partial charge is 0.494 e. The molecule has 2 heterocycles. The van der Waals surface area contributed by atoms with Crippen LogP contribution in [0, 0.1) is 0 Å². The topological polar surface area (TPSA) is 51.2 Å². The number of nitrogens with zero attached hydrogens (tertiary/aromatic N) is 1. The first-order chi connectivity index (χ1) is 7.83. The molecule has 0 saturated carbocycles. The highest BCUT2D eigenvalue weighted by molar-refractivity contribution is 7.99. The number of ether oxygens (including phenoxy) is 1. The minimum absolute atomic E-state index is 0.0182. The molecule has 1 aliphatic heterocycles. The molecule has 86 valence electrons. The number of ketones is 1. The van der Waals surface area contributed by atoms with Crippen molar-refractivity contribution in [3.63, 3.8) is 0 Å². The first-order valence-electron chi connectivity index (χ1n) is 5.17. The first kappa shape index (κ1) is 11.4. The van der Waals surface area contributed by atoms with E-state index >= 15 is 0 Å². The fraction of sp³-hybridized carbons (Fsp3) is 0.455. The van der Waals surface area contributed by atoms with Crippen molar-refractivity contribution in [3.05, 3.63) is 24.0 Å². The minimum atomic E-state index is -0.137. The lowest BCUT2D eigenvalue weighted by Gasteiger charge is -2.21. The molecule has 5 heteroatoms. The van der Waals surface area contributed by atoms with Crippen molar-refractivity contribution in [2.24, 2.45) is 0 Å². The van der Waals surface area contributed by atoms with E-state index in [9.17, 15) is 4.79 Å². The summed E-state index contributed by atoms with van der Waals surface area (Å²) >= 11 is 1.79. The number of Topliss-reactive ketones (excluding diaryl/α,β-unsaturated/α-hetero) is 1. The third-order valence-corrected chi connectivity index (χ3v) is 3.52. The molecule has 16 heavy (non-hydrogen) atoms. The molecular formula is C11H14N2O2S. The van der Waals surface area contributed by atoms with Gasteiger partial charge in [-0.05, 0) is 12.1 Å². The van der Waals surface area contributed by atoms with E-state index < -0.39 is 0 Å². The Balaban J connectivity index is 2.19. The standard InChI is InChI=1S/C11H14N2O2S/c1-15-9-3-2-4-13-10(9)11(14)8-7-16-6-5-12-8/h2-4,8,12H,5-7H2,1H3. The highest BCUT2D eigenvalue weighted by Gasteiger charge is 2.25. The van der Waals surface area contributed by atoms with E-state index in [1.165, 1.54) is 0 Å². The summed E-state index contributed by atoms with van der Waals surface area (Å²) in [6.07, 6.45) is 1.62. The normalized spacial score (nSPS) is 20.4. The van der Waals surface area contributed by atoms with Gasteiger partial charge in [0.25, 0.3) is 0 Å². The molecule has 0 aromatic carbocycles. The maximum Gasteiger partial charge on any atom is 0.202 e. The van der Waals surface area contributed by atoms with Crippen LogP contribution >= 0.6 is 11.8 Å². The Hall–Kier alpha value is -1.07. The van der Waals surface area contributed by atoms with Crippen LogP contribution < -0.4 is 10.1 Å². The van der Waals surface area contributed by atoms with Crippen molar-refractivity contribution in [3.8, 4) is 5.75 Å². The van der Waals surface area contributed by atoms with Crippen LogP contribution in [0.3, 0.4) is 0 Å². The van der Waals surface area contributed by atoms with Gasteiger partial charge < -0.3 is 10.1 Å². The first-order valence-corrected chi connectivity index (χ1v) is 6.32. The number of methoxy groups -OCH3 is 1. The summed E-state index contributed by atoms with van der Waals surface area (Å²) < 4.78 is 5.14. The van der Waals surface area contributed by atoms with E-state index in [4.69, 9.17) is 4.74 Å². The molecule has 1 N–H and O–H groups in total. The Bertz CT molecular complexity index is 378. The Kier molecular flexibility index (Phi) is 3.79. The smallest absolute Gasteiger partial charge is 0.202 e. The van der Waals surface area contributed by atoms with Crippen LogP contribution in [0.2, 0.25) is 0 Å². The molecule has 1 atom stereocenters. The van der Waals surface area contributed by atoms with Gasteiger partial charge in [-0.15, -0.1) is 0 Å². The Labute approximate surface area is 98.8 Å². The predicted octanol–water partition coefficient (Wildman–Crippen LogP) is 0.978. The molecule has 2 rings (SSSR count). The van der Waals surface area contributed by atoms with Crippen LogP contribution in [0.1, 0.15) is 10.5 Å². The van der Waals surface area contributed by atoms with Crippen LogP contribution in [0.5, 0.6) is 5.75 Å². The summed E-state index contributed by atoms with van der Waals surface area (Å²) in [7, 11) is 1.55. The summed E-state index contributed by atoms with van der Waals surface area (Å²) in [5.41, 5.74) is 0.421. The van der Waals surface area contributed by atoms with Crippen molar-refractivity contribution in [2.45, 2.75) is 6.04 Å². The number of hydrogen-bond donors (Lipinski definition) is 1. The highest BCUT2D eigenvalue weighted by Crippen LogP contribution is 2.19. The molecule has 1 unspecified atom stereocenters. The molecule has 1 aromatic rings. The summed E-state index contributed by atoms with van der Waals surface area (Å²) in [6.45, 7) is 0.871. The Morgan fingerprint density at radius 1 is 1.69 bits per heavy atom. The molecule has 1 fully saturated rings. The van der Waals surface area contributed by atoms with E-state index in [0.717, 1.165) is 18.1 Å². The molecule has 0 bridgehead atoms. The molecule has 0 spiro atoms. The molecule has 1 saturated heterocycles. The number of rotatable bonds is 3. The fourth-order valence-corrected chi connectivity index (χ4v) is 2.57. The summed E-state index contributed by atoms with van der Waals surface area (Å²) in [5, 5.41) is 3.20. The predicted molar refractivity (Wildman–Crippen MR) is 64.2 cm³/mol. The zero-order valence-corrected chi connectivity index (χ0v) is 9.92. The number of carbonyl (C=O) groups is 1. The third kappa shape index (κ3) is 2.36. The van der Waals surface area contributed by atoms with E-state index in [1.54, 1.807) is 37.2 Å². The van der Waals surface area contributed by atoms with E-state index in [-0.39, 0.29) is 11.8 Å². The number of aromatic nitrogens is 1. The van der Waals surface area contributed by atoms with Crippen molar-refractivity contribution in [2.75, 3.05) is 25.2 Å². The number of carbonyl (C=O) groups excluding carboxylic acids is 1. The lowest BCUT2D eigenvalue weighted by atomic mass is 10.1. The van der Waals surface area contributed by atoms with Crippen molar-refractivity contribution in [1.29, 1.82) is 0 Å². The van der Waals surface area contributed by atoms with Gasteiger partial charge in [0.05, 0.1) is 13.2 Å². The van der Waals surface area contributed by atoms with Crippen LogP contribution in [0.15, 0.2) is 18.3 Å². The number of thioether (sulfide) groups is 1. The molecule has 0 amide bonds. The number of hydrogen-bond acceptors (Lipinski definition) is 5. The van der Waals surface area contributed by atoms with E-state index in [0.29, 0.717) is 11.4 Å². The Morgan fingerprint density at radius 2 is 2.56 bits per heavy atom. The maximum absolute atomic E-state index is 12.2. The zero-order valence-electron chi connectivity index (χ0n) is 9.10. The van der Waals surface area contributed by atoms with Crippen molar-refractivity contribution >= 4 is 17.5 Å². The quantitative estimate of drug-likeness (QED) is 0.795. The second kappa shape index (κ2) is 5.32. The van der Waals surface area contributed by atoms with Gasteiger partial charge in [-0.1, -0.05) is 0 Å². The summed E-state index contributed by atoms with van der Waals surface area (Å²) in [5.74, 6) is 2.43. The van der Waals surface area contributed by atoms with E-state index in [1.807, 2.05) is 0 Å². The minimum Gasteiger partial charge on any atom is -0.494 e. The van der Waals surface area contributed by atoms with Gasteiger partial charge in [0.2, 0.25) is 5.78 Å². The number of pyridine rings is 1. The van der Waals surface area contributed by atoms with Crippen molar-refractivity contribution < 1.29 is 9.53 Å². The third-order valence-electron chi connectivity index (χ3n) is 2.46. The van der Waals surface area contributed by atoms with Gasteiger partial charge in [0, 0.05) is 24.2 Å². The number of nitrogens with one attached hydrogen (secondary N) is 1. The average Bonchev–Trinajstić information content (AvgIpc) is 2.39. The lowest BCUT2D eigenvalue weighted by molar-refractivity contribution is 0.0945. The Morgan fingerprint density at radius 3 is 3.25 bits per heavy atom. The van der Waals surface area contributed by atoms with Gasteiger partial charge in [-0.25, -0.2) is 4.98 Å². The van der Waals surface area contributed by atoms with Crippen LogP contribution in [-0.4, -0.2) is 42.0 Å². The highest BCUT2D eigenvalue weighted by atomic mass is 32.2. The summed E-state index contributed by atoms with van der Waals surface area (Å²) in [6, 6.07) is 3.39. The second-order valence-corrected chi connectivity index (χ2v) is 4.65. The summed E-state index contributed by atoms with van der Waals surface area (Å²) in [4.78, 5) is 16.3. The van der Waals surface area contributed by atoms with Gasteiger partial charge in [0.1, 0.15) is 11.4 Å². The molecule has 4 nitrogen and oxygen atoms in total. The molecule has 0 aliphatic carbocycles. The van der Waals surface area contributed by atoms with Crippen LogP contribution in [-0.2, 0) is 0 Å². The SMILES string of the molecule is COc1cccnc1C(=O)C1CSCCN1. The second-order valence-electron chi connectivity index (χ2n) is 3.50. The maximum atomic E-state index is 12.2. The van der Waals surface area contributed by atoms with Crippen molar-refractivity contribution in [1.82, 2.24) is 10.3 Å². The monoisotopic (exact) mass is 238 g/mol. The zero-order chi connectivity index (χ0) is 11.4. The molecule has 0 radical (unpaired) electrons. The van der Waals surface area contributed by atoms with Gasteiger partial charge in [-0.3, -0.25) is 4.79 Å². The fourth-order valence-electron chi connectivity index (χ4n) is 1.64. The van der Waals surface area contributed by atoms with Gasteiger partial charge >= 0.3 is 0 Å². The molecule has 1 aromatic heterocycles. The van der Waals surface area contributed by atoms with Gasteiger partial charge in [-0.2, -0.15) is 11.8 Å². The average molecular weight is 238 g/mol. The van der Waals surface area contributed by atoms with E-state index in [2.05, 4.69) is 10.3 Å². The molecular weight excluding hydrogens is 224 g/mol. The van der Waals surface area contributed by atoms with Crippen LogP contribution in [0.25, 0.3) is 0 Å². The lowest BCUT2D eigenvalue weighted by Crippen LogP contribution is -2.43. The van der Waals surface area contributed by atoms with Crippen LogP contribution in [0.4, 0.5) is 0 Å².